The van der Waals surface area contributed by atoms with Gasteiger partial charge in [-0.3, -0.25) is 4.79 Å². The van der Waals surface area contributed by atoms with E-state index in [2.05, 4.69) is 32.8 Å². The third kappa shape index (κ3) is 2.80. The number of aliphatic hydroxyl groups excluding tert-OH is 1. The van der Waals surface area contributed by atoms with Crippen molar-refractivity contribution < 1.29 is 9.90 Å². The Morgan fingerprint density at radius 3 is 2.64 bits per heavy atom. The number of halogens is 1. The Morgan fingerprint density at radius 1 is 1.20 bits per heavy atom. The molecule has 1 aromatic carbocycles. The van der Waals surface area contributed by atoms with Gasteiger partial charge in [0.25, 0.3) is 0 Å². The molecule has 0 amide bonds. The van der Waals surface area contributed by atoms with Gasteiger partial charge in [0.15, 0.2) is 11.6 Å². The van der Waals surface area contributed by atoms with Crippen LogP contribution in [0.2, 0.25) is 0 Å². The first-order valence-electron chi connectivity index (χ1n) is 8.67. The van der Waals surface area contributed by atoms with Gasteiger partial charge in [-0.2, -0.15) is 0 Å². The Morgan fingerprint density at radius 2 is 1.92 bits per heavy atom. The van der Waals surface area contributed by atoms with E-state index in [0.29, 0.717) is 11.4 Å². The SMILES string of the molecule is CCc1ccc(-c2ncc(Br)cn2)cc1C1=C(O)C2CCC(C2)C1=O. The summed E-state index contributed by atoms with van der Waals surface area (Å²) >= 11 is 3.34. The maximum absolute atomic E-state index is 12.9. The molecule has 4 nitrogen and oxygen atoms in total. The van der Waals surface area contributed by atoms with Crippen LogP contribution in [-0.4, -0.2) is 20.9 Å². The normalized spacial score (nSPS) is 22.6. The molecule has 1 heterocycles. The monoisotopic (exact) mass is 398 g/mol. The summed E-state index contributed by atoms with van der Waals surface area (Å²) < 4.78 is 0.820. The number of hydrogen-bond acceptors (Lipinski definition) is 4. The zero-order chi connectivity index (χ0) is 17.6. The van der Waals surface area contributed by atoms with E-state index in [0.717, 1.165) is 46.8 Å². The van der Waals surface area contributed by atoms with Gasteiger partial charge in [-0.25, -0.2) is 9.97 Å². The molecule has 1 fully saturated rings. The average Bonchev–Trinajstić information content (AvgIpc) is 3.08. The number of ketones is 1. The number of carbonyl (C=O) groups is 1. The molecule has 0 radical (unpaired) electrons. The number of allylic oxidation sites excluding steroid dienone is 2. The number of rotatable bonds is 3. The van der Waals surface area contributed by atoms with Crippen LogP contribution in [0.15, 0.2) is 40.8 Å². The fourth-order valence-corrected chi connectivity index (χ4v) is 4.20. The second-order valence-corrected chi connectivity index (χ2v) is 7.70. The van der Waals surface area contributed by atoms with Crippen LogP contribution in [-0.2, 0) is 11.2 Å². The number of aromatic nitrogens is 2. The molecule has 2 aromatic rings. The van der Waals surface area contributed by atoms with E-state index in [4.69, 9.17) is 0 Å². The number of nitrogens with zero attached hydrogens (tertiary/aromatic N) is 2. The second kappa shape index (κ2) is 6.37. The molecule has 2 bridgehead atoms. The lowest BCUT2D eigenvalue weighted by atomic mass is 9.81. The second-order valence-electron chi connectivity index (χ2n) is 6.78. The van der Waals surface area contributed by atoms with E-state index < -0.39 is 0 Å². The largest absolute Gasteiger partial charge is 0.511 e. The quantitative estimate of drug-likeness (QED) is 0.810. The molecule has 0 saturated heterocycles. The van der Waals surface area contributed by atoms with Gasteiger partial charge in [0, 0.05) is 29.8 Å². The Kier molecular flexibility index (Phi) is 4.20. The third-order valence-electron chi connectivity index (χ3n) is 5.33. The molecule has 128 valence electrons. The molecule has 1 N–H and O–H groups in total. The minimum absolute atomic E-state index is 0.0631. The molecule has 2 aliphatic carbocycles. The maximum Gasteiger partial charge on any atom is 0.169 e. The van der Waals surface area contributed by atoms with Gasteiger partial charge < -0.3 is 5.11 Å². The van der Waals surface area contributed by atoms with Crippen molar-refractivity contribution in [2.45, 2.75) is 32.6 Å². The number of carbonyl (C=O) groups excluding carboxylic acids is 1. The lowest BCUT2D eigenvalue weighted by Crippen LogP contribution is -2.22. The molecule has 0 spiro atoms. The van der Waals surface area contributed by atoms with Gasteiger partial charge in [0.2, 0.25) is 0 Å². The molecule has 2 aliphatic rings. The Bertz CT molecular complexity index is 874. The smallest absolute Gasteiger partial charge is 0.169 e. The summed E-state index contributed by atoms with van der Waals surface area (Å²) in [6.07, 6.45) is 6.80. The summed E-state index contributed by atoms with van der Waals surface area (Å²) in [6.45, 7) is 2.06. The van der Waals surface area contributed by atoms with Crippen molar-refractivity contribution in [3.63, 3.8) is 0 Å². The van der Waals surface area contributed by atoms with Gasteiger partial charge >= 0.3 is 0 Å². The number of benzene rings is 1. The standard InChI is InChI=1S/C20H19BrN2O2/c1-2-11-3-6-14(20-22-9-15(21)10-23-20)8-16(11)17-18(24)12-4-5-13(7-12)19(17)25/h3,6,8-10,12-13,24H,2,4-5,7H2,1H3. The number of hydrogen-bond donors (Lipinski definition) is 1. The summed E-state index contributed by atoms with van der Waals surface area (Å²) in [6, 6.07) is 5.95. The van der Waals surface area contributed by atoms with E-state index >= 15 is 0 Å². The van der Waals surface area contributed by atoms with Crippen molar-refractivity contribution in [3.8, 4) is 11.4 Å². The van der Waals surface area contributed by atoms with Gasteiger partial charge in [0.05, 0.1) is 10.0 Å². The first kappa shape index (κ1) is 16.5. The Hall–Kier alpha value is -2.01. The molecule has 5 heteroatoms. The number of aryl methyl sites for hydroxylation is 1. The minimum Gasteiger partial charge on any atom is -0.511 e. The maximum atomic E-state index is 12.9. The number of fused-ring (bicyclic) bond motifs is 2. The first-order valence-corrected chi connectivity index (χ1v) is 9.46. The predicted molar refractivity (Wildman–Crippen MR) is 99.9 cm³/mol. The lowest BCUT2D eigenvalue weighted by Gasteiger charge is -2.23. The summed E-state index contributed by atoms with van der Waals surface area (Å²) in [5.41, 5.74) is 3.28. The highest BCUT2D eigenvalue weighted by molar-refractivity contribution is 9.10. The molecule has 4 rings (SSSR count). The highest BCUT2D eigenvalue weighted by atomic mass is 79.9. The zero-order valence-electron chi connectivity index (χ0n) is 14.0. The molecule has 1 saturated carbocycles. The fourth-order valence-electron chi connectivity index (χ4n) is 3.99. The summed E-state index contributed by atoms with van der Waals surface area (Å²) in [4.78, 5) is 21.6. The summed E-state index contributed by atoms with van der Waals surface area (Å²) in [7, 11) is 0. The molecule has 25 heavy (non-hydrogen) atoms. The lowest BCUT2D eigenvalue weighted by molar-refractivity contribution is -0.117. The van der Waals surface area contributed by atoms with E-state index in [-0.39, 0.29) is 23.4 Å². The van der Waals surface area contributed by atoms with Crippen LogP contribution in [0.25, 0.3) is 17.0 Å². The van der Waals surface area contributed by atoms with Crippen LogP contribution in [0.3, 0.4) is 0 Å². The van der Waals surface area contributed by atoms with Crippen LogP contribution in [0.5, 0.6) is 0 Å². The highest BCUT2D eigenvalue weighted by Gasteiger charge is 2.41. The third-order valence-corrected chi connectivity index (χ3v) is 5.74. The van der Waals surface area contributed by atoms with E-state index in [9.17, 15) is 9.90 Å². The number of Topliss-reactive ketones (excluding diaryl/α,β-unsaturated/α-hetero) is 1. The van der Waals surface area contributed by atoms with Gasteiger partial charge in [0.1, 0.15) is 5.76 Å². The van der Waals surface area contributed by atoms with Gasteiger partial charge in [-0.15, -0.1) is 0 Å². The van der Waals surface area contributed by atoms with Crippen molar-refractivity contribution in [1.82, 2.24) is 9.97 Å². The molecule has 0 aliphatic heterocycles. The van der Waals surface area contributed by atoms with Crippen LogP contribution in [0.1, 0.15) is 37.3 Å². The molecular formula is C20H19BrN2O2. The minimum atomic E-state index is 0.0631. The van der Waals surface area contributed by atoms with Crippen molar-refractivity contribution in [3.05, 3.63) is 52.0 Å². The molecular weight excluding hydrogens is 380 g/mol. The highest BCUT2D eigenvalue weighted by Crippen LogP contribution is 2.46. The van der Waals surface area contributed by atoms with Crippen LogP contribution in [0.4, 0.5) is 0 Å². The summed E-state index contributed by atoms with van der Waals surface area (Å²) in [5.74, 6) is 1.18. The predicted octanol–water partition coefficient (Wildman–Crippen LogP) is 4.74. The molecule has 2 atom stereocenters. The summed E-state index contributed by atoms with van der Waals surface area (Å²) in [5, 5.41) is 10.7. The van der Waals surface area contributed by atoms with Crippen molar-refractivity contribution in [2.24, 2.45) is 11.8 Å². The van der Waals surface area contributed by atoms with E-state index in [1.54, 1.807) is 12.4 Å². The van der Waals surface area contributed by atoms with Gasteiger partial charge in [-0.1, -0.05) is 19.1 Å². The van der Waals surface area contributed by atoms with E-state index in [1.165, 1.54) is 0 Å². The van der Waals surface area contributed by atoms with Crippen molar-refractivity contribution in [1.29, 1.82) is 0 Å². The fraction of sp³-hybridized carbons (Fsp3) is 0.350. The van der Waals surface area contributed by atoms with Crippen molar-refractivity contribution >= 4 is 27.3 Å². The molecule has 2 unspecified atom stereocenters. The van der Waals surface area contributed by atoms with Crippen LogP contribution >= 0.6 is 15.9 Å². The first-order chi connectivity index (χ1) is 12.1. The zero-order valence-corrected chi connectivity index (χ0v) is 15.6. The van der Waals surface area contributed by atoms with Gasteiger partial charge in [-0.05, 0) is 58.8 Å². The average molecular weight is 399 g/mol. The Labute approximate surface area is 155 Å². The number of aliphatic hydroxyl groups is 1. The topological polar surface area (TPSA) is 63.1 Å². The van der Waals surface area contributed by atoms with Crippen molar-refractivity contribution in [2.75, 3.05) is 0 Å². The van der Waals surface area contributed by atoms with Crippen LogP contribution < -0.4 is 0 Å². The van der Waals surface area contributed by atoms with Crippen LogP contribution in [0, 0.1) is 11.8 Å². The molecule has 1 aromatic heterocycles. The van der Waals surface area contributed by atoms with E-state index in [1.807, 2.05) is 18.2 Å². The Balaban J connectivity index is 1.86.